The number of carbonyl (C=O) groups is 1. The van der Waals surface area contributed by atoms with Gasteiger partial charge in [0.25, 0.3) is 5.91 Å². The number of thiophene rings is 1. The van der Waals surface area contributed by atoms with E-state index in [1.807, 2.05) is 19.1 Å². The highest BCUT2D eigenvalue weighted by Gasteiger charge is 2.38. The maximum absolute atomic E-state index is 14.1. The van der Waals surface area contributed by atoms with Crippen LogP contribution in [0.5, 0.6) is 0 Å². The van der Waals surface area contributed by atoms with Crippen molar-refractivity contribution in [1.82, 2.24) is 20.2 Å². The van der Waals surface area contributed by atoms with Crippen molar-refractivity contribution in [2.75, 3.05) is 55.4 Å². The summed E-state index contributed by atoms with van der Waals surface area (Å²) in [5, 5.41) is 6.60. The van der Waals surface area contributed by atoms with Gasteiger partial charge in [-0.1, -0.05) is 6.92 Å². The Morgan fingerprint density at radius 1 is 1.22 bits per heavy atom. The normalized spacial score (nSPS) is 20.0. The zero-order chi connectivity index (χ0) is 28.7. The fraction of sp³-hybridized carbons (Fsp3) is 0.464. The molecule has 0 spiro atoms. The number of anilines is 3. The van der Waals surface area contributed by atoms with Gasteiger partial charge >= 0.3 is 6.18 Å². The van der Waals surface area contributed by atoms with Crippen LogP contribution < -0.4 is 15.5 Å². The molecule has 41 heavy (non-hydrogen) atoms. The molecule has 13 heteroatoms. The first-order chi connectivity index (χ1) is 19.7. The molecule has 2 N–H and O–H groups in total. The van der Waals surface area contributed by atoms with E-state index >= 15 is 0 Å². The topological polar surface area (TPSA) is 82.6 Å². The summed E-state index contributed by atoms with van der Waals surface area (Å²) in [5.74, 6) is 0.570. The minimum absolute atomic E-state index is 0.00863. The van der Waals surface area contributed by atoms with Gasteiger partial charge in [0.2, 0.25) is 5.95 Å². The summed E-state index contributed by atoms with van der Waals surface area (Å²) in [5.41, 5.74) is 1.71. The average Bonchev–Trinajstić information content (AvgIpc) is 3.28. The number of hydrogen-bond donors (Lipinski definition) is 2. The van der Waals surface area contributed by atoms with E-state index in [0.29, 0.717) is 46.2 Å². The monoisotopic (exact) mass is 604 g/mol. The number of piperazine rings is 1. The SMILES string of the molecule is CCc1cc(N2CCN[C@@H](C)C2)ccc1Nc1ncc(C(F)(F)F)c(-c2cc3c(s2)C(=O)N(C2COC2)CCS3)n1. The van der Waals surface area contributed by atoms with Gasteiger partial charge in [-0.2, -0.15) is 13.2 Å². The number of amides is 1. The number of fused-ring (bicyclic) bond motifs is 1. The Labute approximate surface area is 244 Å². The highest BCUT2D eigenvalue weighted by Crippen LogP contribution is 2.43. The number of hydrogen-bond acceptors (Lipinski definition) is 9. The van der Waals surface area contributed by atoms with Crippen molar-refractivity contribution in [2.24, 2.45) is 0 Å². The van der Waals surface area contributed by atoms with E-state index in [9.17, 15) is 18.0 Å². The van der Waals surface area contributed by atoms with E-state index < -0.39 is 11.7 Å². The Balaban J connectivity index is 1.32. The van der Waals surface area contributed by atoms with Gasteiger partial charge < -0.3 is 25.2 Å². The van der Waals surface area contributed by atoms with Crippen LogP contribution >= 0.6 is 23.1 Å². The molecule has 0 radical (unpaired) electrons. The molecule has 8 nitrogen and oxygen atoms in total. The third kappa shape index (κ3) is 5.77. The molecule has 218 valence electrons. The lowest BCUT2D eigenvalue weighted by atomic mass is 10.1. The predicted octanol–water partition coefficient (Wildman–Crippen LogP) is 5.27. The van der Waals surface area contributed by atoms with E-state index in [1.54, 1.807) is 11.0 Å². The molecule has 1 amide bonds. The first-order valence-electron chi connectivity index (χ1n) is 13.7. The zero-order valence-corrected chi connectivity index (χ0v) is 24.4. The van der Waals surface area contributed by atoms with Crippen LogP contribution in [0.25, 0.3) is 10.6 Å². The van der Waals surface area contributed by atoms with Gasteiger partial charge in [0, 0.05) is 60.4 Å². The van der Waals surface area contributed by atoms with Crippen LogP contribution in [0.15, 0.2) is 35.4 Å². The third-order valence-corrected chi connectivity index (χ3v) is 9.86. The number of halogens is 3. The van der Waals surface area contributed by atoms with Crippen molar-refractivity contribution < 1.29 is 22.7 Å². The number of ether oxygens (including phenoxy) is 1. The van der Waals surface area contributed by atoms with Crippen molar-refractivity contribution in [3.63, 3.8) is 0 Å². The molecular formula is C28H31F3N6O2S2. The highest BCUT2D eigenvalue weighted by molar-refractivity contribution is 7.99. The van der Waals surface area contributed by atoms with E-state index in [4.69, 9.17) is 4.74 Å². The zero-order valence-electron chi connectivity index (χ0n) is 22.8. The second kappa shape index (κ2) is 11.4. The molecule has 1 aromatic carbocycles. The number of carbonyl (C=O) groups excluding carboxylic acids is 1. The molecule has 6 rings (SSSR count). The first kappa shape index (κ1) is 28.3. The minimum Gasteiger partial charge on any atom is -0.377 e. The number of aryl methyl sites for hydroxylation is 1. The van der Waals surface area contributed by atoms with Gasteiger partial charge in [0.15, 0.2) is 0 Å². The molecule has 1 atom stereocenters. The van der Waals surface area contributed by atoms with Crippen molar-refractivity contribution in [1.29, 1.82) is 0 Å². The molecule has 0 bridgehead atoms. The number of rotatable bonds is 6. The maximum Gasteiger partial charge on any atom is 0.420 e. The Bertz CT molecular complexity index is 1440. The van der Waals surface area contributed by atoms with Gasteiger partial charge in [-0.15, -0.1) is 23.1 Å². The lowest BCUT2D eigenvalue weighted by Gasteiger charge is -2.36. The van der Waals surface area contributed by atoms with Crippen molar-refractivity contribution in [3.8, 4) is 10.6 Å². The van der Waals surface area contributed by atoms with Crippen LogP contribution in [-0.4, -0.2) is 78.0 Å². The fourth-order valence-corrected chi connectivity index (χ4v) is 7.62. The summed E-state index contributed by atoms with van der Waals surface area (Å²) in [6.45, 7) is 8.46. The van der Waals surface area contributed by atoms with Crippen LogP contribution in [0.4, 0.5) is 30.5 Å². The number of nitrogens with zero attached hydrogens (tertiary/aromatic N) is 4. The van der Waals surface area contributed by atoms with Gasteiger partial charge in [-0.3, -0.25) is 4.79 Å². The maximum atomic E-state index is 14.1. The largest absolute Gasteiger partial charge is 0.420 e. The van der Waals surface area contributed by atoms with E-state index in [1.165, 1.54) is 11.8 Å². The minimum atomic E-state index is -4.65. The number of thioether (sulfide) groups is 1. The molecule has 5 heterocycles. The molecule has 0 unspecified atom stereocenters. The summed E-state index contributed by atoms with van der Waals surface area (Å²) in [6, 6.07) is 8.12. The number of nitrogens with one attached hydrogen (secondary N) is 2. The molecule has 3 aliphatic rings. The van der Waals surface area contributed by atoms with Crippen LogP contribution in [0.3, 0.4) is 0 Å². The second-order valence-electron chi connectivity index (χ2n) is 10.4. The van der Waals surface area contributed by atoms with Crippen LogP contribution in [0.2, 0.25) is 0 Å². The summed E-state index contributed by atoms with van der Waals surface area (Å²) in [7, 11) is 0. The smallest absolute Gasteiger partial charge is 0.377 e. The summed E-state index contributed by atoms with van der Waals surface area (Å²) >= 11 is 2.54. The first-order valence-corrected chi connectivity index (χ1v) is 15.5. The molecule has 3 aromatic rings. The van der Waals surface area contributed by atoms with Crippen molar-refractivity contribution >= 4 is 46.3 Å². The summed E-state index contributed by atoms with van der Waals surface area (Å²) in [6.07, 6.45) is -3.10. The lowest BCUT2D eigenvalue weighted by molar-refractivity contribution is -0.137. The van der Waals surface area contributed by atoms with Crippen LogP contribution in [0.1, 0.15) is 34.6 Å². The van der Waals surface area contributed by atoms with E-state index in [2.05, 4.69) is 38.5 Å². The number of aromatic nitrogens is 2. The van der Waals surface area contributed by atoms with E-state index in [0.717, 1.165) is 60.5 Å². The summed E-state index contributed by atoms with van der Waals surface area (Å²) < 4.78 is 47.6. The standard InChI is InChI=1S/C28H31F3N6O2S2/c1-3-17-10-18(36-7-6-32-16(2)13-36)4-5-21(17)34-27-33-12-20(28(29,30)31)24(35-27)22-11-23-25(41-22)26(38)37(8-9-40-23)19-14-39-15-19/h4-5,10-12,16,19,32H,3,6-9,13-15H2,1-2H3,(H,33,34,35)/t16-/m0/s1. The summed E-state index contributed by atoms with van der Waals surface area (Å²) in [4.78, 5) is 27.3. The Kier molecular flexibility index (Phi) is 7.88. The lowest BCUT2D eigenvalue weighted by Crippen LogP contribution is -2.52. The number of alkyl halides is 3. The predicted molar refractivity (Wildman–Crippen MR) is 155 cm³/mol. The molecule has 0 saturated carbocycles. The molecular weight excluding hydrogens is 573 g/mol. The van der Waals surface area contributed by atoms with Gasteiger partial charge in [-0.05, 0) is 43.2 Å². The second-order valence-corrected chi connectivity index (χ2v) is 12.6. The third-order valence-electron chi connectivity index (χ3n) is 7.58. The van der Waals surface area contributed by atoms with Gasteiger partial charge in [0.05, 0.1) is 29.8 Å². The Morgan fingerprint density at radius 3 is 2.76 bits per heavy atom. The highest BCUT2D eigenvalue weighted by atomic mass is 32.2. The number of benzene rings is 1. The Hall–Kier alpha value is -2.87. The fourth-order valence-electron chi connectivity index (χ4n) is 5.30. The molecule has 2 saturated heterocycles. The molecule has 3 aliphatic heterocycles. The Morgan fingerprint density at radius 2 is 2.05 bits per heavy atom. The van der Waals surface area contributed by atoms with Crippen molar-refractivity contribution in [2.45, 2.75) is 43.4 Å². The van der Waals surface area contributed by atoms with Crippen molar-refractivity contribution in [3.05, 3.63) is 46.5 Å². The van der Waals surface area contributed by atoms with E-state index in [-0.39, 0.29) is 23.6 Å². The van der Waals surface area contributed by atoms with Crippen LogP contribution in [0, 0.1) is 0 Å². The molecule has 2 aromatic heterocycles. The molecule has 0 aliphatic carbocycles. The van der Waals surface area contributed by atoms with Crippen LogP contribution in [-0.2, 0) is 17.3 Å². The quantitative estimate of drug-likeness (QED) is 0.394. The van der Waals surface area contributed by atoms with Gasteiger partial charge in [0.1, 0.15) is 10.4 Å². The average molecular weight is 605 g/mol. The van der Waals surface area contributed by atoms with Gasteiger partial charge in [-0.25, -0.2) is 9.97 Å². The molecule has 2 fully saturated rings.